The molecule has 0 bridgehead atoms. The first-order chi connectivity index (χ1) is 7.20. The second-order valence-electron chi connectivity index (χ2n) is 2.70. The van der Waals surface area contributed by atoms with Crippen molar-refractivity contribution in [2.75, 3.05) is 19.1 Å². The van der Waals surface area contributed by atoms with Gasteiger partial charge in [-0.2, -0.15) is 4.90 Å². The molecule has 0 spiro atoms. The largest absolute Gasteiger partial charge is 0.452 e. The Morgan fingerprint density at radius 2 is 1.87 bits per heavy atom. The molecule has 1 aromatic rings. The van der Waals surface area contributed by atoms with Gasteiger partial charge in [0, 0.05) is 7.05 Å². The molecule has 0 saturated carbocycles. The SMILES string of the molecule is CNC(=O)N(C(=O)OC)c1ccccc1. The van der Waals surface area contributed by atoms with Crippen molar-refractivity contribution in [2.24, 2.45) is 0 Å². The average molecular weight is 208 g/mol. The lowest BCUT2D eigenvalue weighted by Crippen LogP contribution is -2.42. The second kappa shape index (κ2) is 4.99. The zero-order valence-electron chi connectivity index (χ0n) is 8.56. The van der Waals surface area contributed by atoms with Crippen LogP contribution < -0.4 is 10.2 Å². The lowest BCUT2D eigenvalue weighted by molar-refractivity contribution is 0.178. The van der Waals surface area contributed by atoms with Gasteiger partial charge in [0.2, 0.25) is 0 Å². The third kappa shape index (κ3) is 2.46. The van der Waals surface area contributed by atoms with Gasteiger partial charge in [0.05, 0.1) is 12.8 Å². The van der Waals surface area contributed by atoms with E-state index < -0.39 is 12.1 Å². The van der Waals surface area contributed by atoms with Crippen LogP contribution >= 0.6 is 0 Å². The van der Waals surface area contributed by atoms with Crippen LogP contribution in [0.5, 0.6) is 0 Å². The second-order valence-corrected chi connectivity index (χ2v) is 2.70. The molecule has 5 nitrogen and oxygen atoms in total. The minimum absolute atomic E-state index is 0.462. The molecule has 0 aromatic heterocycles. The molecule has 0 atom stereocenters. The molecule has 0 heterocycles. The number of hydrogen-bond donors (Lipinski definition) is 1. The Hall–Kier alpha value is -2.04. The van der Waals surface area contributed by atoms with E-state index in [1.165, 1.54) is 14.2 Å². The van der Waals surface area contributed by atoms with Crippen molar-refractivity contribution < 1.29 is 14.3 Å². The van der Waals surface area contributed by atoms with Gasteiger partial charge < -0.3 is 10.1 Å². The van der Waals surface area contributed by atoms with Crippen LogP contribution in [0.15, 0.2) is 30.3 Å². The summed E-state index contributed by atoms with van der Waals surface area (Å²) in [4.78, 5) is 23.7. The van der Waals surface area contributed by atoms with Crippen LogP contribution in [0.4, 0.5) is 15.3 Å². The smallest absolute Gasteiger partial charge is 0.422 e. The predicted octanol–water partition coefficient (Wildman–Crippen LogP) is 1.60. The highest BCUT2D eigenvalue weighted by atomic mass is 16.5. The van der Waals surface area contributed by atoms with E-state index in [0.29, 0.717) is 5.69 Å². The van der Waals surface area contributed by atoms with Crippen molar-refractivity contribution in [3.05, 3.63) is 30.3 Å². The van der Waals surface area contributed by atoms with Gasteiger partial charge in [-0.15, -0.1) is 0 Å². The van der Waals surface area contributed by atoms with Gasteiger partial charge in [-0.05, 0) is 12.1 Å². The molecule has 1 rings (SSSR count). The van der Waals surface area contributed by atoms with Crippen molar-refractivity contribution in [3.8, 4) is 0 Å². The maximum absolute atomic E-state index is 11.4. The monoisotopic (exact) mass is 208 g/mol. The minimum atomic E-state index is -0.722. The number of hydrogen-bond acceptors (Lipinski definition) is 3. The molecular weight excluding hydrogens is 196 g/mol. The number of methoxy groups -OCH3 is 1. The van der Waals surface area contributed by atoms with E-state index in [2.05, 4.69) is 10.1 Å². The van der Waals surface area contributed by atoms with Crippen LogP contribution in [0.2, 0.25) is 0 Å². The number of urea groups is 1. The van der Waals surface area contributed by atoms with Gasteiger partial charge in [-0.25, -0.2) is 9.59 Å². The summed E-state index contributed by atoms with van der Waals surface area (Å²) in [6.07, 6.45) is -0.722. The molecule has 1 N–H and O–H groups in total. The van der Waals surface area contributed by atoms with Crippen LogP contribution in [0.3, 0.4) is 0 Å². The normalized spacial score (nSPS) is 9.20. The molecule has 0 radical (unpaired) electrons. The van der Waals surface area contributed by atoms with E-state index in [0.717, 1.165) is 4.90 Å². The minimum Gasteiger partial charge on any atom is -0.452 e. The van der Waals surface area contributed by atoms with Gasteiger partial charge in [0.1, 0.15) is 0 Å². The first-order valence-corrected chi connectivity index (χ1v) is 4.35. The van der Waals surface area contributed by atoms with Crippen molar-refractivity contribution in [1.29, 1.82) is 0 Å². The van der Waals surface area contributed by atoms with Crippen LogP contribution in [0, 0.1) is 0 Å². The summed E-state index contributed by atoms with van der Waals surface area (Å²) in [5.41, 5.74) is 0.462. The average Bonchev–Trinajstić information content (AvgIpc) is 2.30. The van der Waals surface area contributed by atoms with Crippen LogP contribution in [-0.2, 0) is 4.74 Å². The van der Waals surface area contributed by atoms with Gasteiger partial charge in [0.15, 0.2) is 0 Å². The Morgan fingerprint density at radius 1 is 1.27 bits per heavy atom. The Balaban J connectivity index is 3.02. The van der Waals surface area contributed by atoms with Crippen LogP contribution in [-0.4, -0.2) is 26.3 Å². The first kappa shape index (κ1) is 11.0. The van der Waals surface area contributed by atoms with E-state index in [1.54, 1.807) is 30.3 Å². The van der Waals surface area contributed by atoms with Crippen molar-refractivity contribution in [1.82, 2.24) is 5.32 Å². The number of para-hydroxylation sites is 1. The molecule has 0 aliphatic carbocycles. The standard InChI is InChI=1S/C10H12N2O3/c1-11-9(13)12(10(14)15-2)8-6-4-3-5-7-8/h3-7H,1-2H3,(H,11,13). The topological polar surface area (TPSA) is 58.6 Å². The molecule has 15 heavy (non-hydrogen) atoms. The van der Waals surface area contributed by atoms with Gasteiger partial charge in [-0.3, -0.25) is 0 Å². The van der Waals surface area contributed by atoms with Crippen LogP contribution in [0.1, 0.15) is 0 Å². The zero-order valence-corrected chi connectivity index (χ0v) is 8.56. The molecule has 0 aliphatic rings. The fourth-order valence-electron chi connectivity index (χ4n) is 1.09. The summed E-state index contributed by atoms with van der Waals surface area (Å²) in [6.45, 7) is 0. The van der Waals surface area contributed by atoms with Crippen LogP contribution in [0.25, 0.3) is 0 Å². The summed E-state index contributed by atoms with van der Waals surface area (Å²) in [5, 5.41) is 2.36. The van der Waals surface area contributed by atoms with Gasteiger partial charge >= 0.3 is 12.1 Å². The van der Waals surface area contributed by atoms with Crippen molar-refractivity contribution in [2.45, 2.75) is 0 Å². The number of carbonyl (C=O) groups excluding carboxylic acids is 2. The molecule has 1 aromatic carbocycles. The quantitative estimate of drug-likeness (QED) is 0.762. The number of imide groups is 1. The number of carbonyl (C=O) groups is 2. The summed E-state index contributed by atoms with van der Waals surface area (Å²) in [7, 11) is 2.67. The number of anilines is 1. The van der Waals surface area contributed by atoms with Crippen molar-refractivity contribution >= 4 is 17.8 Å². The summed E-state index contributed by atoms with van der Waals surface area (Å²) < 4.78 is 4.52. The maximum atomic E-state index is 11.4. The highest BCUT2D eigenvalue weighted by molar-refractivity contribution is 6.11. The Kier molecular flexibility index (Phi) is 3.68. The Bertz CT molecular complexity index is 335. The number of rotatable bonds is 1. The molecular formula is C10H12N2O3. The summed E-state index contributed by atoms with van der Waals surface area (Å²) in [6, 6.07) is 8.01. The van der Waals surface area contributed by atoms with Gasteiger partial charge in [0.25, 0.3) is 0 Å². The number of benzene rings is 1. The predicted molar refractivity (Wildman–Crippen MR) is 55.8 cm³/mol. The zero-order chi connectivity index (χ0) is 11.3. The summed E-state index contributed by atoms with van der Waals surface area (Å²) >= 11 is 0. The first-order valence-electron chi connectivity index (χ1n) is 4.35. The number of ether oxygens (including phenoxy) is 1. The number of nitrogens with one attached hydrogen (secondary N) is 1. The molecule has 0 unspecified atom stereocenters. The molecule has 0 aliphatic heterocycles. The van der Waals surface area contributed by atoms with E-state index >= 15 is 0 Å². The number of nitrogens with zero attached hydrogens (tertiary/aromatic N) is 1. The van der Waals surface area contributed by atoms with E-state index in [1.807, 2.05) is 0 Å². The van der Waals surface area contributed by atoms with E-state index in [4.69, 9.17) is 0 Å². The molecule has 5 heteroatoms. The third-order valence-corrected chi connectivity index (χ3v) is 1.79. The Morgan fingerprint density at radius 3 is 2.33 bits per heavy atom. The molecule has 3 amide bonds. The molecule has 0 saturated heterocycles. The van der Waals surface area contributed by atoms with E-state index in [-0.39, 0.29) is 0 Å². The highest BCUT2D eigenvalue weighted by Gasteiger charge is 2.22. The van der Waals surface area contributed by atoms with Crippen molar-refractivity contribution in [3.63, 3.8) is 0 Å². The lowest BCUT2D eigenvalue weighted by Gasteiger charge is -2.18. The molecule has 0 fully saturated rings. The lowest BCUT2D eigenvalue weighted by atomic mass is 10.3. The Labute approximate surface area is 87.6 Å². The summed E-state index contributed by atoms with van der Waals surface area (Å²) in [5.74, 6) is 0. The van der Waals surface area contributed by atoms with Gasteiger partial charge in [-0.1, -0.05) is 18.2 Å². The highest BCUT2D eigenvalue weighted by Crippen LogP contribution is 2.14. The van der Waals surface area contributed by atoms with E-state index in [9.17, 15) is 9.59 Å². The maximum Gasteiger partial charge on any atom is 0.422 e. The fraction of sp³-hybridized carbons (Fsp3) is 0.200. The number of amides is 3. The molecule has 80 valence electrons. The fourth-order valence-corrected chi connectivity index (χ4v) is 1.09. The third-order valence-electron chi connectivity index (χ3n) is 1.79.